The number of nitrogens with one attached hydrogen (secondary N) is 1. The number of rotatable bonds is 4. The average Bonchev–Trinajstić information content (AvgIpc) is 3.09. The Balaban J connectivity index is 1.60. The molecule has 0 aliphatic heterocycles. The fourth-order valence-electron chi connectivity index (χ4n) is 2.61. The molecule has 0 atom stereocenters. The van der Waals surface area contributed by atoms with E-state index in [2.05, 4.69) is 20.4 Å². The molecule has 3 aromatic heterocycles. The van der Waals surface area contributed by atoms with Gasteiger partial charge in [-0.2, -0.15) is 5.10 Å². The molecule has 0 fully saturated rings. The summed E-state index contributed by atoms with van der Waals surface area (Å²) in [6.45, 7) is 1.76. The zero-order valence-corrected chi connectivity index (χ0v) is 15.2. The van der Waals surface area contributed by atoms with Gasteiger partial charge in [0.2, 0.25) is 5.91 Å². The maximum atomic E-state index is 12.3. The minimum absolute atomic E-state index is 0.144. The maximum Gasteiger partial charge on any atom is 0.267 e. The summed E-state index contributed by atoms with van der Waals surface area (Å²) < 4.78 is 1.12. The van der Waals surface area contributed by atoms with Gasteiger partial charge in [-0.15, -0.1) is 0 Å². The van der Waals surface area contributed by atoms with Crippen LogP contribution in [0.15, 0.2) is 59.7 Å². The summed E-state index contributed by atoms with van der Waals surface area (Å²) >= 11 is 1.50. The van der Waals surface area contributed by atoms with Gasteiger partial charge in [0.1, 0.15) is 21.9 Å². The Hall–Kier alpha value is -3.39. The average molecular weight is 377 g/mol. The molecule has 0 saturated carbocycles. The van der Waals surface area contributed by atoms with Crippen LogP contribution in [0.25, 0.3) is 20.9 Å². The number of anilines is 1. The molecule has 4 rings (SSSR count). The number of aromatic nitrogens is 4. The van der Waals surface area contributed by atoms with Crippen LogP contribution in [0, 0.1) is 6.92 Å². The third kappa shape index (κ3) is 3.61. The lowest BCUT2D eigenvalue weighted by atomic mass is 10.1. The number of nitrogens with zero attached hydrogens (tertiary/aromatic N) is 4. The number of fused-ring (bicyclic) bond motifs is 1. The minimum Gasteiger partial charge on any atom is -0.324 e. The van der Waals surface area contributed by atoms with Gasteiger partial charge in [0.05, 0.1) is 0 Å². The molecule has 4 aromatic rings. The van der Waals surface area contributed by atoms with Crippen LogP contribution < -0.4 is 10.9 Å². The van der Waals surface area contributed by atoms with Crippen LogP contribution in [0.5, 0.6) is 0 Å². The number of pyridine rings is 1. The second kappa shape index (κ2) is 7.08. The molecule has 1 amide bonds. The van der Waals surface area contributed by atoms with Gasteiger partial charge in [-0.05, 0) is 36.8 Å². The fourth-order valence-corrected chi connectivity index (χ4v) is 3.52. The summed E-state index contributed by atoms with van der Waals surface area (Å²) in [7, 11) is 0. The van der Waals surface area contributed by atoms with E-state index in [1.807, 2.05) is 37.3 Å². The van der Waals surface area contributed by atoms with Crippen molar-refractivity contribution in [3.63, 3.8) is 0 Å². The summed E-state index contributed by atoms with van der Waals surface area (Å²) in [6, 6.07) is 12.5. The van der Waals surface area contributed by atoms with Crippen LogP contribution >= 0.6 is 11.3 Å². The summed E-state index contributed by atoms with van der Waals surface area (Å²) in [6.07, 6.45) is 3.21. The molecule has 0 aliphatic rings. The standard InChI is InChI=1S/C19H15N5O2S/c1-12-6-7-13(18-23-14-4-2-8-20-19(14)27-18)10-15(12)22-16(25)11-24-17(26)5-3-9-21-24/h2-10H,11H2,1H3,(H,22,25). The number of aryl methyl sites for hydroxylation is 1. The minimum atomic E-state index is -0.319. The molecule has 3 heterocycles. The SMILES string of the molecule is Cc1ccc(-c2nc3cccnc3s2)cc1NC(=O)Cn1ncccc1=O. The van der Waals surface area contributed by atoms with E-state index in [-0.39, 0.29) is 18.0 Å². The van der Waals surface area contributed by atoms with Gasteiger partial charge in [0, 0.05) is 29.7 Å². The monoisotopic (exact) mass is 377 g/mol. The van der Waals surface area contributed by atoms with E-state index in [1.165, 1.54) is 29.7 Å². The highest BCUT2D eigenvalue weighted by Crippen LogP contribution is 2.31. The van der Waals surface area contributed by atoms with E-state index in [0.717, 1.165) is 31.2 Å². The Labute approximate surface area is 158 Å². The van der Waals surface area contributed by atoms with E-state index < -0.39 is 0 Å². The van der Waals surface area contributed by atoms with Crippen LogP contribution in [-0.2, 0) is 11.3 Å². The van der Waals surface area contributed by atoms with Crippen molar-refractivity contribution in [2.45, 2.75) is 13.5 Å². The highest BCUT2D eigenvalue weighted by Gasteiger charge is 2.11. The lowest BCUT2D eigenvalue weighted by Crippen LogP contribution is -2.28. The van der Waals surface area contributed by atoms with Crippen molar-refractivity contribution < 1.29 is 4.79 Å². The topological polar surface area (TPSA) is 89.8 Å². The van der Waals surface area contributed by atoms with Crippen molar-refractivity contribution in [3.05, 3.63) is 70.8 Å². The number of carbonyl (C=O) groups is 1. The quantitative estimate of drug-likeness (QED) is 0.591. The van der Waals surface area contributed by atoms with E-state index in [0.29, 0.717) is 5.69 Å². The first-order chi connectivity index (χ1) is 13.1. The second-order valence-corrected chi connectivity index (χ2v) is 6.92. The molecule has 0 spiro atoms. The summed E-state index contributed by atoms with van der Waals surface area (Å²) in [5.41, 5.74) is 3.01. The predicted molar refractivity (Wildman–Crippen MR) is 105 cm³/mol. The smallest absolute Gasteiger partial charge is 0.267 e. The zero-order chi connectivity index (χ0) is 18.8. The Morgan fingerprint density at radius 1 is 1.19 bits per heavy atom. The highest BCUT2D eigenvalue weighted by molar-refractivity contribution is 7.21. The maximum absolute atomic E-state index is 12.3. The van der Waals surface area contributed by atoms with Gasteiger partial charge >= 0.3 is 0 Å². The number of benzene rings is 1. The van der Waals surface area contributed by atoms with E-state index in [1.54, 1.807) is 6.20 Å². The lowest BCUT2D eigenvalue weighted by Gasteiger charge is -2.10. The highest BCUT2D eigenvalue weighted by atomic mass is 32.1. The molecule has 0 bridgehead atoms. The van der Waals surface area contributed by atoms with Crippen LogP contribution in [-0.4, -0.2) is 25.7 Å². The number of carbonyl (C=O) groups excluding carboxylic acids is 1. The van der Waals surface area contributed by atoms with Crippen LogP contribution in [0.2, 0.25) is 0 Å². The van der Waals surface area contributed by atoms with Gasteiger partial charge in [-0.25, -0.2) is 14.6 Å². The van der Waals surface area contributed by atoms with Gasteiger partial charge in [0.25, 0.3) is 5.56 Å². The van der Waals surface area contributed by atoms with E-state index in [9.17, 15) is 9.59 Å². The first-order valence-electron chi connectivity index (χ1n) is 8.25. The Morgan fingerprint density at radius 2 is 2.04 bits per heavy atom. The molecule has 8 heteroatoms. The molecule has 0 aliphatic carbocycles. The number of amides is 1. The van der Waals surface area contributed by atoms with Crippen LogP contribution in [0.4, 0.5) is 5.69 Å². The van der Waals surface area contributed by atoms with E-state index >= 15 is 0 Å². The normalized spacial score (nSPS) is 10.9. The van der Waals surface area contributed by atoms with Crippen molar-refractivity contribution in [3.8, 4) is 10.6 Å². The first-order valence-corrected chi connectivity index (χ1v) is 9.06. The van der Waals surface area contributed by atoms with Crippen LogP contribution in [0.1, 0.15) is 5.56 Å². The van der Waals surface area contributed by atoms with Crippen molar-refractivity contribution in [1.29, 1.82) is 0 Å². The first kappa shape index (κ1) is 17.0. The Kier molecular flexibility index (Phi) is 4.47. The molecule has 1 N–H and O–H groups in total. The van der Waals surface area contributed by atoms with Crippen molar-refractivity contribution in [2.24, 2.45) is 0 Å². The summed E-state index contributed by atoms with van der Waals surface area (Å²) in [5, 5.41) is 7.59. The molecule has 134 valence electrons. The lowest BCUT2D eigenvalue weighted by molar-refractivity contribution is -0.117. The molecule has 0 saturated heterocycles. The molecular formula is C19H15N5O2S. The van der Waals surface area contributed by atoms with Crippen molar-refractivity contribution >= 4 is 33.3 Å². The number of thiazole rings is 1. The molecule has 27 heavy (non-hydrogen) atoms. The van der Waals surface area contributed by atoms with Gasteiger partial charge in [0.15, 0.2) is 0 Å². The van der Waals surface area contributed by atoms with Gasteiger partial charge < -0.3 is 5.32 Å². The van der Waals surface area contributed by atoms with Crippen LogP contribution in [0.3, 0.4) is 0 Å². The largest absolute Gasteiger partial charge is 0.324 e. The molecule has 7 nitrogen and oxygen atoms in total. The molecule has 0 unspecified atom stereocenters. The molecule has 1 aromatic carbocycles. The van der Waals surface area contributed by atoms with Gasteiger partial charge in [-0.1, -0.05) is 23.5 Å². The van der Waals surface area contributed by atoms with Crippen molar-refractivity contribution in [1.82, 2.24) is 19.7 Å². The Bertz CT molecular complexity index is 1160. The summed E-state index contributed by atoms with van der Waals surface area (Å²) in [4.78, 5) is 33.8. The third-order valence-corrected chi connectivity index (χ3v) is 5.03. The predicted octanol–water partition coefficient (Wildman–Crippen LogP) is 2.86. The number of hydrogen-bond donors (Lipinski definition) is 1. The third-order valence-electron chi connectivity index (χ3n) is 4.00. The Morgan fingerprint density at radius 3 is 2.85 bits per heavy atom. The molecular weight excluding hydrogens is 362 g/mol. The zero-order valence-electron chi connectivity index (χ0n) is 14.4. The van der Waals surface area contributed by atoms with Gasteiger partial charge in [-0.3, -0.25) is 9.59 Å². The van der Waals surface area contributed by atoms with Crippen molar-refractivity contribution in [2.75, 3.05) is 5.32 Å². The second-order valence-electron chi connectivity index (χ2n) is 5.94. The number of hydrogen-bond acceptors (Lipinski definition) is 6. The van der Waals surface area contributed by atoms with E-state index in [4.69, 9.17) is 0 Å². The summed E-state index contributed by atoms with van der Waals surface area (Å²) in [5.74, 6) is -0.318. The molecule has 0 radical (unpaired) electrons. The fraction of sp³-hybridized carbons (Fsp3) is 0.105.